The summed E-state index contributed by atoms with van der Waals surface area (Å²) in [6.45, 7) is 6.51. The van der Waals surface area contributed by atoms with E-state index in [1.807, 2.05) is 60.7 Å². The van der Waals surface area contributed by atoms with E-state index in [2.05, 4.69) is 10.6 Å². The number of nitrogens with zero attached hydrogens (tertiary/aromatic N) is 1. The molecule has 0 bridgehead atoms. The Hall–Kier alpha value is -4.29. The van der Waals surface area contributed by atoms with Crippen LogP contribution in [0.15, 0.2) is 60.7 Å². The lowest BCUT2D eigenvalue weighted by molar-refractivity contribution is -0.200. The molecule has 2 N–H and O–H groups in total. The third-order valence-electron chi connectivity index (χ3n) is 5.96. The predicted molar refractivity (Wildman–Crippen MR) is 149 cm³/mol. The fourth-order valence-corrected chi connectivity index (χ4v) is 3.84. The highest BCUT2D eigenvalue weighted by atomic mass is 16.7. The molecule has 0 radical (unpaired) electrons. The minimum atomic E-state index is -1.44. The van der Waals surface area contributed by atoms with Gasteiger partial charge in [-0.05, 0) is 38.8 Å². The summed E-state index contributed by atoms with van der Waals surface area (Å²) in [5.74, 6) is -3.23. The molecular weight excluding hydrogens is 546 g/mol. The van der Waals surface area contributed by atoms with Crippen molar-refractivity contribution in [2.75, 3.05) is 6.61 Å². The van der Waals surface area contributed by atoms with Crippen molar-refractivity contribution in [3.63, 3.8) is 0 Å². The molecule has 1 saturated heterocycles. The van der Waals surface area contributed by atoms with Crippen molar-refractivity contribution in [1.82, 2.24) is 15.7 Å². The van der Waals surface area contributed by atoms with E-state index in [1.54, 1.807) is 27.7 Å². The molecule has 1 aliphatic heterocycles. The standard InChI is InChI=1S/C30H37N3O9/c1-20(40-18-22-13-9-6-10-14-22)26(32-29(38)41-30(2,3)4)27(36)31-23(19-39-17-21-11-7-5-8-12-21)28(37)42-33-24(34)15-16-25(33)35/h5-14,20,23,26H,15-19H2,1-4H3,(H,31,36)(H,32,38)/t20-,23+,26+/m1/s1. The Morgan fingerprint density at radius 3 is 1.95 bits per heavy atom. The minimum absolute atomic E-state index is 0.0915. The smallest absolute Gasteiger partial charge is 0.408 e. The molecule has 1 fully saturated rings. The summed E-state index contributed by atoms with van der Waals surface area (Å²) >= 11 is 0. The molecule has 3 atom stereocenters. The van der Waals surface area contributed by atoms with Crippen molar-refractivity contribution in [2.45, 2.75) is 77.5 Å². The summed E-state index contributed by atoms with van der Waals surface area (Å²) in [5.41, 5.74) is 0.816. The maximum absolute atomic E-state index is 13.5. The van der Waals surface area contributed by atoms with Crippen LogP contribution in [0, 0.1) is 0 Å². The molecule has 1 heterocycles. The monoisotopic (exact) mass is 583 g/mol. The first-order chi connectivity index (χ1) is 19.9. The fourth-order valence-electron chi connectivity index (χ4n) is 3.84. The van der Waals surface area contributed by atoms with Gasteiger partial charge in [0.1, 0.15) is 11.6 Å². The number of amides is 4. The van der Waals surface area contributed by atoms with Gasteiger partial charge in [-0.3, -0.25) is 14.4 Å². The van der Waals surface area contributed by atoms with Gasteiger partial charge in [0.05, 0.1) is 25.9 Å². The summed E-state index contributed by atoms with van der Waals surface area (Å²) in [7, 11) is 0. The SMILES string of the molecule is C[C@@H](OCc1ccccc1)[C@H](NC(=O)OC(C)(C)C)C(=O)N[C@@H](COCc1ccccc1)C(=O)ON1C(=O)CCC1=O. The normalized spacial score (nSPS) is 15.5. The number of carbonyl (C=O) groups excluding carboxylic acids is 5. The maximum atomic E-state index is 13.5. The molecule has 3 rings (SSSR count). The summed E-state index contributed by atoms with van der Waals surface area (Å²) < 4.78 is 16.9. The number of benzene rings is 2. The van der Waals surface area contributed by atoms with E-state index >= 15 is 0 Å². The molecule has 1 aliphatic rings. The molecule has 12 nitrogen and oxygen atoms in total. The second-order valence-electron chi connectivity index (χ2n) is 10.7. The number of imide groups is 1. The van der Waals surface area contributed by atoms with Gasteiger partial charge < -0.3 is 29.7 Å². The van der Waals surface area contributed by atoms with E-state index in [0.717, 1.165) is 11.1 Å². The van der Waals surface area contributed by atoms with Gasteiger partial charge in [0.25, 0.3) is 11.8 Å². The fraction of sp³-hybridized carbons (Fsp3) is 0.433. The van der Waals surface area contributed by atoms with Gasteiger partial charge in [0.15, 0.2) is 6.04 Å². The van der Waals surface area contributed by atoms with Crippen LogP contribution in [0.2, 0.25) is 0 Å². The van der Waals surface area contributed by atoms with Crippen LogP contribution in [0.25, 0.3) is 0 Å². The van der Waals surface area contributed by atoms with Crippen LogP contribution in [0.5, 0.6) is 0 Å². The van der Waals surface area contributed by atoms with Gasteiger partial charge in [-0.25, -0.2) is 9.59 Å². The Kier molecular flexibility index (Phi) is 11.6. The zero-order valence-electron chi connectivity index (χ0n) is 24.2. The molecule has 12 heteroatoms. The highest BCUT2D eigenvalue weighted by Crippen LogP contribution is 2.14. The van der Waals surface area contributed by atoms with Gasteiger partial charge in [-0.1, -0.05) is 60.7 Å². The molecule has 2 aromatic rings. The van der Waals surface area contributed by atoms with Crippen molar-refractivity contribution < 1.29 is 43.0 Å². The number of hydrogen-bond acceptors (Lipinski definition) is 9. The average molecular weight is 584 g/mol. The van der Waals surface area contributed by atoms with Gasteiger partial charge in [0, 0.05) is 12.8 Å². The molecule has 0 saturated carbocycles. The number of rotatable bonds is 13. The molecule has 2 aromatic carbocycles. The molecule has 0 aromatic heterocycles. The van der Waals surface area contributed by atoms with Crippen LogP contribution < -0.4 is 10.6 Å². The lowest BCUT2D eigenvalue weighted by Crippen LogP contribution is -2.58. The second-order valence-corrected chi connectivity index (χ2v) is 10.7. The Bertz CT molecular complexity index is 1220. The highest BCUT2D eigenvalue weighted by Gasteiger charge is 2.37. The molecule has 226 valence electrons. The summed E-state index contributed by atoms with van der Waals surface area (Å²) in [6, 6.07) is 15.6. The first-order valence-corrected chi connectivity index (χ1v) is 13.6. The van der Waals surface area contributed by atoms with E-state index in [9.17, 15) is 24.0 Å². The van der Waals surface area contributed by atoms with E-state index in [4.69, 9.17) is 19.0 Å². The third-order valence-corrected chi connectivity index (χ3v) is 5.96. The van der Waals surface area contributed by atoms with Crippen LogP contribution in [-0.2, 0) is 51.4 Å². The number of hydrogen-bond donors (Lipinski definition) is 2. The Balaban J connectivity index is 1.76. The average Bonchev–Trinajstić information content (AvgIpc) is 3.26. The zero-order valence-corrected chi connectivity index (χ0v) is 24.2. The number of ether oxygens (including phenoxy) is 3. The molecule has 4 amide bonds. The maximum Gasteiger partial charge on any atom is 0.408 e. The van der Waals surface area contributed by atoms with Crippen LogP contribution in [-0.4, -0.2) is 65.2 Å². The van der Waals surface area contributed by atoms with Crippen molar-refractivity contribution >= 4 is 29.8 Å². The Morgan fingerprint density at radius 1 is 0.857 bits per heavy atom. The largest absolute Gasteiger partial charge is 0.444 e. The topological polar surface area (TPSA) is 150 Å². The molecule has 0 unspecified atom stereocenters. The Labute approximate surface area is 244 Å². The molecule has 0 aliphatic carbocycles. The van der Waals surface area contributed by atoms with E-state index in [0.29, 0.717) is 5.06 Å². The van der Waals surface area contributed by atoms with Crippen molar-refractivity contribution in [3.8, 4) is 0 Å². The minimum Gasteiger partial charge on any atom is -0.444 e. The van der Waals surface area contributed by atoms with Gasteiger partial charge >= 0.3 is 12.1 Å². The van der Waals surface area contributed by atoms with Gasteiger partial charge in [-0.2, -0.15) is 0 Å². The third kappa shape index (κ3) is 10.3. The number of nitrogens with one attached hydrogen (secondary N) is 2. The van der Waals surface area contributed by atoms with E-state index < -0.39 is 53.6 Å². The predicted octanol–water partition coefficient (Wildman–Crippen LogP) is 2.79. The van der Waals surface area contributed by atoms with Crippen LogP contribution in [0.3, 0.4) is 0 Å². The van der Waals surface area contributed by atoms with E-state index in [-0.39, 0.29) is 32.7 Å². The first-order valence-electron chi connectivity index (χ1n) is 13.6. The van der Waals surface area contributed by atoms with Crippen LogP contribution in [0.4, 0.5) is 4.79 Å². The summed E-state index contributed by atoms with van der Waals surface area (Å²) in [4.78, 5) is 68.3. The molecular formula is C30H37N3O9. The highest BCUT2D eigenvalue weighted by molar-refractivity contribution is 6.02. The number of hydroxylamine groups is 2. The molecule has 0 spiro atoms. The van der Waals surface area contributed by atoms with Crippen molar-refractivity contribution in [1.29, 1.82) is 0 Å². The van der Waals surface area contributed by atoms with Crippen LogP contribution >= 0.6 is 0 Å². The van der Waals surface area contributed by atoms with E-state index in [1.165, 1.54) is 0 Å². The summed E-state index contributed by atoms with van der Waals surface area (Å²) in [6.07, 6.45) is -1.93. The van der Waals surface area contributed by atoms with Crippen molar-refractivity contribution in [3.05, 3.63) is 71.8 Å². The van der Waals surface area contributed by atoms with Gasteiger partial charge in [0.2, 0.25) is 5.91 Å². The summed E-state index contributed by atoms with van der Waals surface area (Å²) in [5, 5.41) is 5.42. The quantitative estimate of drug-likeness (QED) is 0.340. The lowest BCUT2D eigenvalue weighted by atomic mass is 10.1. The number of carbonyl (C=O) groups is 5. The molecule has 42 heavy (non-hydrogen) atoms. The number of alkyl carbamates (subject to hydrolysis) is 1. The van der Waals surface area contributed by atoms with Crippen molar-refractivity contribution in [2.24, 2.45) is 0 Å². The zero-order chi connectivity index (χ0) is 30.7. The van der Waals surface area contributed by atoms with Gasteiger partial charge in [-0.15, -0.1) is 5.06 Å². The first kappa shape index (κ1) is 32.2. The second kappa shape index (κ2) is 15.1. The van der Waals surface area contributed by atoms with Crippen LogP contribution in [0.1, 0.15) is 51.7 Å². The lowest BCUT2D eigenvalue weighted by Gasteiger charge is -2.28. The Morgan fingerprint density at radius 2 is 1.40 bits per heavy atom.